The fourth-order valence-electron chi connectivity index (χ4n) is 4.64. The molecule has 2 aliphatic rings. The second-order valence-electron chi connectivity index (χ2n) is 8.71. The summed E-state index contributed by atoms with van der Waals surface area (Å²) in [6.45, 7) is 4.62. The molecule has 2 aliphatic heterocycles. The first-order chi connectivity index (χ1) is 15.6. The number of hydrogen-bond acceptors (Lipinski definition) is 6. The number of esters is 1. The van der Waals surface area contributed by atoms with Crippen molar-refractivity contribution in [3.8, 4) is 11.5 Å². The topological polar surface area (TPSA) is 74.2 Å². The maximum atomic E-state index is 11.7. The van der Waals surface area contributed by atoms with Gasteiger partial charge in [0, 0.05) is 18.4 Å². The summed E-state index contributed by atoms with van der Waals surface area (Å²) in [7, 11) is 1.39. The van der Waals surface area contributed by atoms with Crippen molar-refractivity contribution in [2.24, 2.45) is 0 Å². The van der Waals surface area contributed by atoms with Gasteiger partial charge in [-0.1, -0.05) is 24.3 Å². The summed E-state index contributed by atoms with van der Waals surface area (Å²) in [5.74, 6) is 1.15. The molecule has 2 aromatic rings. The third-order valence-electron chi connectivity index (χ3n) is 6.19. The Morgan fingerprint density at radius 1 is 1.12 bits per heavy atom. The van der Waals surface area contributed by atoms with Crippen LogP contribution in [0.4, 0.5) is 0 Å². The zero-order valence-corrected chi connectivity index (χ0v) is 18.6. The highest BCUT2D eigenvalue weighted by Crippen LogP contribution is 2.31. The molecule has 7 heteroatoms. The SMILES string of the molecule is COC(=O)c1ccc(C[N+]2(CC(O)COCC3COc4ccccc4O3)CCCC2)cc1. The lowest BCUT2D eigenvalue weighted by Crippen LogP contribution is -2.50. The molecule has 1 saturated heterocycles. The van der Waals surface area contributed by atoms with Crippen LogP contribution in [-0.2, 0) is 16.0 Å². The van der Waals surface area contributed by atoms with Crippen LogP contribution in [0.3, 0.4) is 0 Å². The Morgan fingerprint density at radius 3 is 2.56 bits per heavy atom. The fraction of sp³-hybridized carbons (Fsp3) is 0.480. The van der Waals surface area contributed by atoms with E-state index in [0.29, 0.717) is 25.3 Å². The van der Waals surface area contributed by atoms with Crippen LogP contribution in [0.2, 0.25) is 0 Å². The monoisotopic (exact) mass is 442 g/mol. The van der Waals surface area contributed by atoms with Crippen LogP contribution in [-0.4, -0.2) is 74.3 Å². The number of fused-ring (bicyclic) bond motifs is 1. The van der Waals surface area contributed by atoms with Gasteiger partial charge in [-0.2, -0.15) is 0 Å². The van der Waals surface area contributed by atoms with Gasteiger partial charge in [0.05, 0.1) is 39.0 Å². The molecule has 1 fully saturated rings. The minimum Gasteiger partial charge on any atom is -0.486 e. The van der Waals surface area contributed by atoms with Crippen LogP contribution in [0.1, 0.15) is 28.8 Å². The van der Waals surface area contributed by atoms with Crippen molar-refractivity contribution >= 4 is 5.97 Å². The first-order valence-electron chi connectivity index (χ1n) is 11.2. The molecule has 2 aromatic carbocycles. The lowest BCUT2D eigenvalue weighted by atomic mass is 10.1. The first-order valence-corrected chi connectivity index (χ1v) is 11.2. The number of quaternary nitrogens is 1. The van der Waals surface area contributed by atoms with E-state index in [0.717, 1.165) is 54.0 Å². The van der Waals surface area contributed by atoms with E-state index in [4.69, 9.17) is 18.9 Å². The Hall–Kier alpha value is -2.61. The van der Waals surface area contributed by atoms with Crippen molar-refractivity contribution in [1.29, 1.82) is 0 Å². The Labute approximate surface area is 189 Å². The van der Waals surface area contributed by atoms with Crippen molar-refractivity contribution in [3.63, 3.8) is 0 Å². The molecule has 0 spiro atoms. The number of aliphatic hydroxyl groups is 1. The number of likely N-dealkylation sites (tertiary alicyclic amines) is 1. The molecule has 1 N–H and O–H groups in total. The lowest BCUT2D eigenvalue weighted by molar-refractivity contribution is -0.932. The number of ether oxygens (including phenoxy) is 4. The predicted molar refractivity (Wildman–Crippen MR) is 119 cm³/mol. The molecule has 0 saturated carbocycles. The van der Waals surface area contributed by atoms with E-state index in [1.807, 2.05) is 36.4 Å². The summed E-state index contributed by atoms with van der Waals surface area (Å²) in [5.41, 5.74) is 1.70. The second kappa shape index (κ2) is 10.3. The standard InChI is InChI=1S/C25H32NO6/c1-29-25(28)20-10-8-19(9-11-20)14-26(12-4-5-13-26)15-21(27)16-30-17-22-18-31-23-6-2-3-7-24(23)32-22/h2-3,6-11,21-22,27H,4-5,12-18H2,1H3/q+1. The lowest BCUT2D eigenvalue weighted by Gasteiger charge is -2.36. The van der Waals surface area contributed by atoms with E-state index in [-0.39, 0.29) is 18.7 Å². The highest BCUT2D eigenvalue weighted by molar-refractivity contribution is 5.89. The predicted octanol–water partition coefficient (Wildman–Crippen LogP) is 2.80. The normalized spacial score (nSPS) is 20.0. The summed E-state index contributed by atoms with van der Waals surface area (Å²) >= 11 is 0. The van der Waals surface area contributed by atoms with E-state index in [2.05, 4.69) is 0 Å². The van der Waals surface area contributed by atoms with Crippen LogP contribution >= 0.6 is 0 Å². The molecule has 0 aliphatic carbocycles. The smallest absolute Gasteiger partial charge is 0.337 e. The first kappa shape index (κ1) is 22.6. The number of rotatable bonds is 9. The van der Waals surface area contributed by atoms with Gasteiger partial charge in [0.15, 0.2) is 17.6 Å². The molecule has 2 atom stereocenters. The van der Waals surface area contributed by atoms with Gasteiger partial charge in [0.25, 0.3) is 0 Å². The average Bonchev–Trinajstić information content (AvgIpc) is 3.26. The van der Waals surface area contributed by atoms with Gasteiger partial charge in [-0.3, -0.25) is 0 Å². The number of benzene rings is 2. The highest BCUT2D eigenvalue weighted by atomic mass is 16.6. The van der Waals surface area contributed by atoms with Crippen molar-refractivity contribution in [1.82, 2.24) is 0 Å². The van der Waals surface area contributed by atoms with Gasteiger partial charge >= 0.3 is 5.97 Å². The minimum absolute atomic E-state index is 0.180. The Kier molecular flexibility index (Phi) is 7.29. The molecule has 0 radical (unpaired) electrons. The van der Waals surface area contributed by atoms with Crippen molar-refractivity contribution in [2.45, 2.75) is 31.6 Å². The van der Waals surface area contributed by atoms with Gasteiger partial charge in [-0.15, -0.1) is 0 Å². The van der Waals surface area contributed by atoms with E-state index >= 15 is 0 Å². The molecule has 2 heterocycles. The van der Waals surface area contributed by atoms with E-state index in [9.17, 15) is 9.90 Å². The molecule has 4 rings (SSSR count). The Morgan fingerprint density at radius 2 is 1.84 bits per heavy atom. The van der Waals surface area contributed by atoms with E-state index in [1.165, 1.54) is 7.11 Å². The van der Waals surface area contributed by atoms with Crippen molar-refractivity contribution < 1.29 is 33.3 Å². The summed E-state index contributed by atoms with van der Waals surface area (Å²) in [6.07, 6.45) is 1.57. The average molecular weight is 443 g/mol. The molecule has 7 nitrogen and oxygen atoms in total. The minimum atomic E-state index is -0.556. The second-order valence-corrected chi connectivity index (χ2v) is 8.71. The Balaban J connectivity index is 1.27. The van der Waals surface area contributed by atoms with Gasteiger partial charge in [-0.05, 0) is 24.3 Å². The van der Waals surface area contributed by atoms with Gasteiger partial charge < -0.3 is 28.5 Å². The van der Waals surface area contributed by atoms with Crippen LogP contribution < -0.4 is 9.47 Å². The van der Waals surface area contributed by atoms with Crippen LogP contribution in [0.15, 0.2) is 48.5 Å². The highest BCUT2D eigenvalue weighted by Gasteiger charge is 2.34. The summed E-state index contributed by atoms with van der Waals surface area (Å²) in [4.78, 5) is 11.7. The van der Waals surface area contributed by atoms with Crippen LogP contribution in [0.5, 0.6) is 11.5 Å². The maximum Gasteiger partial charge on any atom is 0.337 e. The summed E-state index contributed by atoms with van der Waals surface area (Å²) in [5, 5.41) is 10.7. The molecular formula is C25H32NO6+. The number of para-hydroxylation sites is 2. The molecular weight excluding hydrogens is 410 g/mol. The number of hydrogen-bond donors (Lipinski definition) is 1. The fourth-order valence-corrected chi connectivity index (χ4v) is 4.64. The van der Waals surface area contributed by atoms with E-state index < -0.39 is 6.10 Å². The zero-order valence-electron chi connectivity index (χ0n) is 18.6. The summed E-state index contributed by atoms with van der Waals surface area (Å²) < 4.78 is 23.0. The van der Waals surface area contributed by atoms with E-state index in [1.54, 1.807) is 12.1 Å². The molecule has 172 valence electrons. The number of carbonyl (C=O) groups is 1. The van der Waals surface area contributed by atoms with Crippen molar-refractivity contribution in [2.75, 3.05) is 46.6 Å². The van der Waals surface area contributed by atoms with Crippen LogP contribution in [0, 0.1) is 0 Å². The molecule has 32 heavy (non-hydrogen) atoms. The van der Waals surface area contributed by atoms with Gasteiger partial charge in [0.2, 0.25) is 0 Å². The van der Waals surface area contributed by atoms with Crippen molar-refractivity contribution in [3.05, 3.63) is 59.7 Å². The largest absolute Gasteiger partial charge is 0.486 e. The third kappa shape index (κ3) is 5.59. The molecule has 0 amide bonds. The van der Waals surface area contributed by atoms with Gasteiger partial charge in [-0.25, -0.2) is 4.79 Å². The third-order valence-corrected chi connectivity index (χ3v) is 6.19. The number of carbonyl (C=O) groups excluding carboxylic acids is 1. The molecule has 0 aromatic heterocycles. The molecule has 2 unspecified atom stereocenters. The number of nitrogens with zero attached hydrogens (tertiary/aromatic N) is 1. The maximum absolute atomic E-state index is 11.7. The number of aliphatic hydroxyl groups excluding tert-OH is 1. The zero-order chi connectivity index (χ0) is 22.4. The quantitative estimate of drug-likeness (QED) is 0.476. The summed E-state index contributed by atoms with van der Waals surface area (Å²) in [6, 6.07) is 15.2. The van der Waals surface area contributed by atoms with Gasteiger partial charge in [0.1, 0.15) is 25.8 Å². The molecule has 0 bridgehead atoms. The Bertz CT molecular complexity index is 894. The number of methoxy groups -OCH3 is 1. The van der Waals surface area contributed by atoms with Crippen LogP contribution in [0.25, 0.3) is 0 Å².